The number of ether oxygens (including phenoxy) is 1. The highest BCUT2D eigenvalue weighted by Gasteiger charge is 2.43. The minimum atomic E-state index is 0.182. The van der Waals surface area contributed by atoms with Crippen molar-refractivity contribution in [3.8, 4) is 0 Å². The Morgan fingerprint density at radius 3 is 2.75 bits per heavy atom. The van der Waals surface area contributed by atoms with E-state index in [9.17, 15) is 4.79 Å². The molecule has 2 fully saturated rings. The zero-order valence-electron chi connectivity index (χ0n) is 11.8. The molecule has 0 unspecified atom stereocenters. The molecule has 1 N–H and O–H groups in total. The molecule has 0 bridgehead atoms. The molecule has 2 aliphatic rings. The fraction of sp³-hybridized carbons (Fsp3) is 0.562. The zero-order valence-corrected chi connectivity index (χ0v) is 11.8. The van der Waals surface area contributed by atoms with Crippen molar-refractivity contribution in [3.63, 3.8) is 0 Å². The van der Waals surface area contributed by atoms with Gasteiger partial charge in [0.2, 0.25) is 5.91 Å². The molecule has 1 aromatic rings. The van der Waals surface area contributed by atoms with Crippen molar-refractivity contribution in [3.05, 3.63) is 35.9 Å². The third kappa shape index (κ3) is 3.38. The summed E-state index contributed by atoms with van der Waals surface area (Å²) in [7, 11) is 0. The van der Waals surface area contributed by atoms with Gasteiger partial charge in [-0.1, -0.05) is 30.3 Å². The monoisotopic (exact) mass is 274 g/mol. The number of benzene rings is 1. The SMILES string of the molecule is O=C(NCCN1CCOCC1)[C@H]1C[C@@H]1c1ccccc1. The normalized spacial score (nSPS) is 26.2. The minimum Gasteiger partial charge on any atom is -0.379 e. The molecule has 1 heterocycles. The molecule has 1 aromatic carbocycles. The standard InChI is InChI=1S/C16H22N2O2/c19-16(17-6-7-18-8-10-20-11-9-18)15-12-14(15)13-4-2-1-3-5-13/h1-5,14-15H,6-12H2,(H,17,19)/t14-,15+/m1/s1. The van der Waals surface area contributed by atoms with Gasteiger partial charge in [0, 0.05) is 32.1 Å². The van der Waals surface area contributed by atoms with Crippen LogP contribution < -0.4 is 5.32 Å². The Kier molecular flexibility index (Phi) is 4.33. The summed E-state index contributed by atoms with van der Waals surface area (Å²) >= 11 is 0. The lowest BCUT2D eigenvalue weighted by molar-refractivity contribution is -0.122. The second kappa shape index (κ2) is 6.37. The minimum absolute atomic E-state index is 0.182. The maximum Gasteiger partial charge on any atom is 0.223 e. The van der Waals surface area contributed by atoms with Gasteiger partial charge >= 0.3 is 0 Å². The summed E-state index contributed by atoms with van der Waals surface area (Å²) in [5.74, 6) is 0.828. The van der Waals surface area contributed by atoms with Crippen LogP contribution in [0.1, 0.15) is 17.9 Å². The average Bonchev–Trinajstić information content (AvgIpc) is 3.30. The van der Waals surface area contributed by atoms with E-state index in [1.165, 1.54) is 5.56 Å². The summed E-state index contributed by atoms with van der Waals surface area (Å²) in [6.45, 7) is 5.26. The molecule has 1 aliphatic heterocycles. The number of nitrogens with one attached hydrogen (secondary N) is 1. The van der Waals surface area contributed by atoms with Crippen LogP contribution >= 0.6 is 0 Å². The largest absolute Gasteiger partial charge is 0.379 e. The summed E-state index contributed by atoms with van der Waals surface area (Å²) in [5, 5.41) is 3.07. The van der Waals surface area contributed by atoms with Crippen LogP contribution in [0.5, 0.6) is 0 Å². The third-order valence-electron chi connectivity index (χ3n) is 4.19. The summed E-state index contributed by atoms with van der Waals surface area (Å²) < 4.78 is 5.31. The van der Waals surface area contributed by atoms with Crippen LogP contribution in [0.2, 0.25) is 0 Å². The van der Waals surface area contributed by atoms with Gasteiger partial charge in [0.05, 0.1) is 13.2 Å². The maximum atomic E-state index is 12.1. The van der Waals surface area contributed by atoms with Crippen molar-refractivity contribution in [2.45, 2.75) is 12.3 Å². The quantitative estimate of drug-likeness (QED) is 0.878. The molecule has 0 radical (unpaired) electrons. The molecule has 3 rings (SSSR count). The maximum absolute atomic E-state index is 12.1. The average molecular weight is 274 g/mol. The van der Waals surface area contributed by atoms with E-state index in [2.05, 4.69) is 22.3 Å². The number of hydrogen-bond acceptors (Lipinski definition) is 3. The Labute approximate surface area is 120 Å². The van der Waals surface area contributed by atoms with Crippen LogP contribution in [0.3, 0.4) is 0 Å². The van der Waals surface area contributed by atoms with E-state index in [0.29, 0.717) is 5.92 Å². The van der Waals surface area contributed by atoms with Crippen molar-refractivity contribution < 1.29 is 9.53 Å². The fourth-order valence-corrected chi connectivity index (χ4v) is 2.85. The predicted octanol–water partition coefficient (Wildman–Crippen LogP) is 1.24. The first kappa shape index (κ1) is 13.6. The molecule has 1 saturated carbocycles. The molecule has 1 amide bonds. The van der Waals surface area contributed by atoms with Gasteiger partial charge in [-0.15, -0.1) is 0 Å². The van der Waals surface area contributed by atoms with Gasteiger partial charge in [0.15, 0.2) is 0 Å². The first-order chi connectivity index (χ1) is 9.84. The molecular weight excluding hydrogens is 252 g/mol. The van der Waals surface area contributed by atoms with Crippen LogP contribution in [-0.2, 0) is 9.53 Å². The molecule has 20 heavy (non-hydrogen) atoms. The van der Waals surface area contributed by atoms with Gasteiger partial charge < -0.3 is 10.1 Å². The van der Waals surface area contributed by atoms with Crippen LogP contribution in [0.4, 0.5) is 0 Å². The van der Waals surface area contributed by atoms with Gasteiger partial charge in [-0.25, -0.2) is 0 Å². The summed E-state index contributed by atoms with van der Waals surface area (Å²) in [5.41, 5.74) is 1.29. The van der Waals surface area contributed by atoms with E-state index in [4.69, 9.17) is 4.74 Å². The van der Waals surface area contributed by atoms with Crippen molar-refractivity contribution in [2.24, 2.45) is 5.92 Å². The fourth-order valence-electron chi connectivity index (χ4n) is 2.85. The van der Waals surface area contributed by atoms with E-state index in [0.717, 1.165) is 45.8 Å². The molecule has 0 spiro atoms. The second-order valence-corrected chi connectivity index (χ2v) is 5.60. The lowest BCUT2D eigenvalue weighted by atomic mass is 10.1. The number of morpholine rings is 1. The smallest absolute Gasteiger partial charge is 0.223 e. The van der Waals surface area contributed by atoms with E-state index in [1.54, 1.807) is 0 Å². The second-order valence-electron chi connectivity index (χ2n) is 5.60. The molecule has 1 saturated heterocycles. The van der Waals surface area contributed by atoms with Crippen molar-refractivity contribution in [2.75, 3.05) is 39.4 Å². The zero-order chi connectivity index (χ0) is 13.8. The number of hydrogen-bond donors (Lipinski definition) is 1. The van der Waals surface area contributed by atoms with Crippen LogP contribution in [0.15, 0.2) is 30.3 Å². The van der Waals surface area contributed by atoms with E-state index in [-0.39, 0.29) is 11.8 Å². The third-order valence-corrected chi connectivity index (χ3v) is 4.19. The van der Waals surface area contributed by atoms with Gasteiger partial charge in [0.25, 0.3) is 0 Å². The number of carbonyl (C=O) groups excluding carboxylic acids is 1. The first-order valence-corrected chi connectivity index (χ1v) is 7.47. The summed E-state index contributed by atoms with van der Waals surface area (Å²) in [6.07, 6.45) is 0.993. The molecule has 4 heteroatoms. The van der Waals surface area contributed by atoms with E-state index in [1.807, 2.05) is 18.2 Å². The number of nitrogens with zero attached hydrogens (tertiary/aromatic N) is 1. The molecule has 4 nitrogen and oxygen atoms in total. The highest BCUT2D eigenvalue weighted by atomic mass is 16.5. The molecule has 1 aliphatic carbocycles. The van der Waals surface area contributed by atoms with Gasteiger partial charge in [-0.2, -0.15) is 0 Å². The van der Waals surface area contributed by atoms with Crippen molar-refractivity contribution in [1.29, 1.82) is 0 Å². The summed E-state index contributed by atoms with van der Waals surface area (Å²) in [6, 6.07) is 10.3. The molecule has 0 aromatic heterocycles. The van der Waals surface area contributed by atoms with E-state index < -0.39 is 0 Å². The predicted molar refractivity (Wildman–Crippen MR) is 77.6 cm³/mol. The lowest BCUT2D eigenvalue weighted by Gasteiger charge is -2.26. The van der Waals surface area contributed by atoms with Gasteiger partial charge in [-0.05, 0) is 17.9 Å². The number of carbonyl (C=O) groups is 1. The Morgan fingerprint density at radius 1 is 1.25 bits per heavy atom. The lowest BCUT2D eigenvalue weighted by Crippen LogP contribution is -2.41. The summed E-state index contributed by atoms with van der Waals surface area (Å²) in [4.78, 5) is 14.4. The highest BCUT2D eigenvalue weighted by molar-refractivity contribution is 5.82. The van der Waals surface area contributed by atoms with Crippen LogP contribution in [-0.4, -0.2) is 50.2 Å². The molecular formula is C16H22N2O2. The highest BCUT2D eigenvalue weighted by Crippen LogP contribution is 2.47. The van der Waals surface area contributed by atoms with Gasteiger partial charge in [0.1, 0.15) is 0 Å². The first-order valence-electron chi connectivity index (χ1n) is 7.47. The van der Waals surface area contributed by atoms with Crippen molar-refractivity contribution >= 4 is 5.91 Å². The van der Waals surface area contributed by atoms with Crippen LogP contribution in [0.25, 0.3) is 0 Å². The Morgan fingerprint density at radius 2 is 2.00 bits per heavy atom. The molecule has 2 atom stereocenters. The van der Waals surface area contributed by atoms with E-state index >= 15 is 0 Å². The van der Waals surface area contributed by atoms with Crippen LogP contribution in [0, 0.1) is 5.92 Å². The number of rotatable bonds is 5. The Balaban J connectivity index is 1.38. The Hall–Kier alpha value is -1.39. The number of amides is 1. The van der Waals surface area contributed by atoms with Crippen molar-refractivity contribution in [1.82, 2.24) is 10.2 Å². The molecule has 108 valence electrons. The topological polar surface area (TPSA) is 41.6 Å². The Bertz CT molecular complexity index is 443. The van der Waals surface area contributed by atoms with Gasteiger partial charge in [-0.3, -0.25) is 9.69 Å².